The van der Waals surface area contributed by atoms with Gasteiger partial charge in [-0.05, 0) is 77.0 Å². The second kappa shape index (κ2) is 37.4. The van der Waals surface area contributed by atoms with Crippen molar-refractivity contribution in [2.75, 3.05) is 47.5 Å². The minimum absolute atomic E-state index is 0.00239. The van der Waals surface area contributed by atoms with Crippen LogP contribution in [0.4, 0.5) is 0 Å². The predicted octanol–water partition coefficient (Wildman–Crippen LogP) is 11.0. The number of phosphoric acid groups is 1. The Morgan fingerprint density at radius 3 is 1.91 bits per heavy atom. The zero-order chi connectivity index (χ0) is 42.3. The minimum Gasteiger partial charge on any atom is -0.462 e. The van der Waals surface area contributed by atoms with Gasteiger partial charge in [0.15, 0.2) is 6.10 Å². The summed E-state index contributed by atoms with van der Waals surface area (Å²) in [6.07, 6.45) is 43.7. The van der Waals surface area contributed by atoms with Crippen LogP contribution in [0.3, 0.4) is 0 Å². The Labute approximate surface area is 346 Å². The maximum Gasteiger partial charge on any atom is 0.472 e. The largest absolute Gasteiger partial charge is 0.472 e. The van der Waals surface area contributed by atoms with E-state index in [1.54, 1.807) is 6.08 Å². The van der Waals surface area contributed by atoms with Gasteiger partial charge in [0.1, 0.15) is 19.8 Å². The number of phosphoric ester groups is 1. The average Bonchev–Trinajstić information content (AvgIpc) is 3.15. The Balaban J connectivity index is 4.61. The molecule has 3 atom stereocenters. The number of rotatable bonds is 37. The van der Waals surface area contributed by atoms with Gasteiger partial charge in [0.25, 0.3) is 0 Å². The molecule has 0 aliphatic rings. The standard InChI is InChI=1S/C46H78NO9P/c1-6-8-10-12-14-16-18-19-20-21-22-24-26-28-33-37-45(49)53-41-44(42-55-57(51,52)54-40-39-47(3,4)5)56-46(50)38-34-30-29-32-36-43(48)35-31-27-25-23-17-15-13-11-9-7-2/h9,11,14-17,19-20,25,27,29,31-32,35,43-44,48H,6-8,10,12-13,18,21-24,26,28,30,33-34,36-42H2,1-5H3/p+1/b11-9-,16-14-,17-15-,20-19-,27-25-,32-29-,35-31+. The first-order valence-electron chi connectivity index (χ1n) is 21.4. The Morgan fingerprint density at radius 2 is 1.23 bits per heavy atom. The molecule has 326 valence electrons. The monoisotopic (exact) mass is 821 g/mol. The maximum atomic E-state index is 12.7. The molecule has 0 aromatic heterocycles. The molecule has 0 aliphatic heterocycles. The molecule has 0 radical (unpaired) electrons. The van der Waals surface area contributed by atoms with Crippen LogP contribution in [0, 0.1) is 0 Å². The number of carbonyl (C=O) groups is 2. The highest BCUT2D eigenvalue weighted by Gasteiger charge is 2.27. The number of hydrogen-bond donors (Lipinski definition) is 2. The van der Waals surface area contributed by atoms with Gasteiger partial charge in [-0.25, -0.2) is 4.57 Å². The Kier molecular flexibility index (Phi) is 35.6. The molecule has 11 heteroatoms. The summed E-state index contributed by atoms with van der Waals surface area (Å²) in [6.45, 7) is 4.06. The quantitative estimate of drug-likeness (QED) is 0.0157. The number of carbonyl (C=O) groups excluding carboxylic acids is 2. The van der Waals surface area contributed by atoms with Crippen molar-refractivity contribution in [1.29, 1.82) is 0 Å². The first-order chi connectivity index (χ1) is 27.4. The molecule has 0 spiro atoms. The summed E-state index contributed by atoms with van der Waals surface area (Å²) in [6, 6.07) is 0. The number of aliphatic hydroxyl groups is 1. The van der Waals surface area contributed by atoms with Crippen molar-refractivity contribution in [2.45, 2.75) is 148 Å². The zero-order valence-electron chi connectivity index (χ0n) is 36.1. The van der Waals surface area contributed by atoms with Gasteiger partial charge >= 0.3 is 19.8 Å². The van der Waals surface area contributed by atoms with Gasteiger partial charge in [0.05, 0.1) is 33.9 Å². The van der Waals surface area contributed by atoms with E-state index in [1.165, 1.54) is 25.7 Å². The van der Waals surface area contributed by atoms with Gasteiger partial charge in [-0.2, -0.15) is 0 Å². The van der Waals surface area contributed by atoms with E-state index < -0.39 is 38.6 Å². The maximum absolute atomic E-state index is 12.7. The Bertz CT molecular complexity index is 1260. The molecule has 2 N–H and O–H groups in total. The van der Waals surface area contributed by atoms with Crippen molar-refractivity contribution < 1.29 is 47.2 Å². The summed E-state index contributed by atoms with van der Waals surface area (Å²) >= 11 is 0. The van der Waals surface area contributed by atoms with Crippen molar-refractivity contribution in [2.24, 2.45) is 0 Å². The first kappa shape index (κ1) is 54.2. The molecular weight excluding hydrogens is 741 g/mol. The molecule has 0 aromatic rings. The van der Waals surface area contributed by atoms with Crippen LogP contribution in [0.5, 0.6) is 0 Å². The zero-order valence-corrected chi connectivity index (χ0v) is 37.0. The van der Waals surface area contributed by atoms with Crippen molar-refractivity contribution in [3.05, 3.63) is 85.1 Å². The molecule has 0 bridgehead atoms. The lowest BCUT2D eigenvalue weighted by Crippen LogP contribution is -2.37. The van der Waals surface area contributed by atoms with Crippen LogP contribution >= 0.6 is 7.82 Å². The number of quaternary nitrogens is 1. The molecule has 3 unspecified atom stereocenters. The van der Waals surface area contributed by atoms with E-state index in [1.807, 2.05) is 51.5 Å². The van der Waals surface area contributed by atoms with Gasteiger partial charge in [0, 0.05) is 12.8 Å². The summed E-state index contributed by atoms with van der Waals surface area (Å²) in [7, 11) is 1.36. The van der Waals surface area contributed by atoms with Crippen LogP contribution in [-0.2, 0) is 32.7 Å². The fraction of sp³-hybridized carbons (Fsp3) is 0.652. The second-order valence-corrected chi connectivity index (χ2v) is 16.6. The van der Waals surface area contributed by atoms with Crippen molar-refractivity contribution in [3.8, 4) is 0 Å². The van der Waals surface area contributed by atoms with Gasteiger partial charge in [-0.3, -0.25) is 18.6 Å². The third kappa shape index (κ3) is 41.1. The van der Waals surface area contributed by atoms with Crippen LogP contribution in [-0.4, -0.2) is 86.1 Å². The van der Waals surface area contributed by atoms with Crippen LogP contribution < -0.4 is 0 Å². The molecule has 0 saturated carbocycles. The normalized spacial score (nSPS) is 15.0. The van der Waals surface area contributed by atoms with E-state index in [0.29, 0.717) is 36.7 Å². The molecule has 0 aliphatic carbocycles. The number of allylic oxidation sites excluding steroid dienone is 12. The van der Waals surface area contributed by atoms with Crippen molar-refractivity contribution in [3.63, 3.8) is 0 Å². The molecule has 57 heavy (non-hydrogen) atoms. The van der Waals surface area contributed by atoms with Crippen LogP contribution in [0.2, 0.25) is 0 Å². The van der Waals surface area contributed by atoms with Gasteiger partial charge < -0.3 is 24.0 Å². The molecule has 0 rings (SSSR count). The van der Waals surface area contributed by atoms with Crippen molar-refractivity contribution >= 4 is 19.8 Å². The summed E-state index contributed by atoms with van der Waals surface area (Å²) in [4.78, 5) is 35.3. The second-order valence-electron chi connectivity index (χ2n) is 15.2. The number of esters is 2. The molecule has 10 nitrogen and oxygen atoms in total. The SMILES string of the molecule is CC/C=C\C/C=C\C/C=C\C=C\C(O)C/C=C\CCCC(=O)OC(COC(=O)CCCCCCC/C=C\C/C=C\CCCCC)COP(=O)(O)OCC[N+](C)(C)C. The van der Waals surface area contributed by atoms with Crippen LogP contribution in [0.15, 0.2) is 85.1 Å². The Hall–Kier alpha value is -2.85. The summed E-state index contributed by atoms with van der Waals surface area (Å²) in [5.41, 5.74) is 0. The van der Waals surface area contributed by atoms with E-state index in [2.05, 4.69) is 62.5 Å². The molecular formula is C46H79NO9P+. The highest BCUT2D eigenvalue weighted by atomic mass is 31.2. The minimum atomic E-state index is -4.42. The van der Waals surface area contributed by atoms with Gasteiger partial charge in [0.2, 0.25) is 0 Å². The number of unbranched alkanes of at least 4 members (excludes halogenated alkanes) is 9. The topological polar surface area (TPSA) is 129 Å². The first-order valence-corrected chi connectivity index (χ1v) is 22.9. The van der Waals surface area contributed by atoms with E-state index in [0.717, 1.165) is 57.8 Å². The molecule has 0 amide bonds. The Morgan fingerprint density at radius 1 is 0.649 bits per heavy atom. The highest BCUT2D eigenvalue weighted by molar-refractivity contribution is 7.47. The summed E-state index contributed by atoms with van der Waals surface area (Å²) < 4.78 is 34.1. The highest BCUT2D eigenvalue weighted by Crippen LogP contribution is 2.43. The van der Waals surface area contributed by atoms with E-state index in [4.69, 9.17) is 18.5 Å². The van der Waals surface area contributed by atoms with Gasteiger partial charge in [-0.15, -0.1) is 0 Å². The lowest BCUT2D eigenvalue weighted by Gasteiger charge is -2.24. The molecule has 0 aromatic carbocycles. The van der Waals surface area contributed by atoms with E-state index >= 15 is 0 Å². The number of hydrogen-bond acceptors (Lipinski definition) is 8. The third-order valence-corrected chi connectivity index (χ3v) is 9.47. The molecule has 0 fully saturated rings. The predicted molar refractivity (Wildman–Crippen MR) is 235 cm³/mol. The smallest absolute Gasteiger partial charge is 0.462 e. The fourth-order valence-electron chi connectivity index (χ4n) is 5.10. The third-order valence-electron chi connectivity index (χ3n) is 8.49. The van der Waals surface area contributed by atoms with E-state index in [-0.39, 0.29) is 26.1 Å². The number of aliphatic hydroxyl groups excluding tert-OH is 1. The summed E-state index contributed by atoms with van der Waals surface area (Å²) in [5.74, 6) is -0.961. The van der Waals surface area contributed by atoms with Crippen LogP contribution in [0.25, 0.3) is 0 Å². The lowest BCUT2D eigenvalue weighted by atomic mass is 10.1. The number of likely N-dealkylation sites (N-methyl/N-ethyl adjacent to an activating group) is 1. The van der Waals surface area contributed by atoms with E-state index in [9.17, 15) is 24.2 Å². The van der Waals surface area contributed by atoms with Gasteiger partial charge in [-0.1, -0.05) is 131 Å². The molecule has 0 heterocycles. The average molecular weight is 821 g/mol. The number of nitrogens with zero attached hydrogens (tertiary/aromatic N) is 1. The molecule has 0 saturated heterocycles. The summed E-state index contributed by atoms with van der Waals surface area (Å²) in [5, 5.41) is 10.2. The number of ether oxygens (including phenoxy) is 2. The lowest BCUT2D eigenvalue weighted by molar-refractivity contribution is -0.870. The van der Waals surface area contributed by atoms with Crippen molar-refractivity contribution in [1.82, 2.24) is 0 Å². The van der Waals surface area contributed by atoms with Crippen LogP contribution in [0.1, 0.15) is 136 Å². The fourth-order valence-corrected chi connectivity index (χ4v) is 5.84.